The number of aromatic carboxylic acids is 1. The van der Waals surface area contributed by atoms with Crippen molar-refractivity contribution < 1.29 is 33.1 Å². The van der Waals surface area contributed by atoms with E-state index in [0.717, 1.165) is 0 Å². The molecule has 4 N–H and O–H groups in total. The second kappa shape index (κ2) is 3.41. The maximum absolute atomic E-state index is 10.7. The zero-order valence-corrected chi connectivity index (χ0v) is 7.89. The van der Waals surface area contributed by atoms with E-state index in [0.29, 0.717) is 12.1 Å². The Morgan fingerprint density at radius 1 is 1.20 bits per heavy atom. The summed E-state index contributed by atoms with van der Waals surface area (Å²) in [6.45, 7) is 0. The lowest BCUT2D eigenvalue weighted by Gasteiger charge is -2.05. The van der Waals surface area contributed by atoms with Gasteiger partial charge in [0.2, 0.25) is 0 Å². The van der Waals surface area contributed by atoms with Gasteiger partial charge in [-0.1, -0.05) is 0 Å². The molecule has 0 amide bonds. The van der Waals surface area contributed by atoms with Gasteiger partial charge < -0.3 is 15.3 Å². The third-order valence-electron chi connectivity index (χ3n) is 1.57. The molecule has 1 rings (SSSR count). The number of carboxylic acids is 1. The van der Waals surface area contributed by atoms with Crippen LogP contribution in [0, 0.1) is 0 Å². The summed E-state index contributed by atoms with van der Waals surface area (Å²) in [6, 6.07) is 1.20. The van der Waals surface area contributed by atoms with Crippen molar-refractivity contribution in [2.75, 3.05) is 0 Å². The number of carbonyl (C=O) groups is 1. The predicted molar refractivity (Wildman–Crippen MR) is 46.5 cm³/mol. The standard InChI is InChI=1S/C7H6O7S/c8-3-1-4(7(10)11)6(9)5(2-3)15(12,13)14/h1-2,8-9H,(H,10,11)(H,12,13,14). The molecular weight excluding hydrogens is 228 g/mol. The third-order valence-corrected chi connectivity index (χ3v) is 2.44. The van der Waals surface area contributed by atoms with Crippen molar-refractivity contribution in [2.24, 2.45) is 0 Å². The largest absolute Gasteiger partial charge is 0.508 e. The Morgan fingerprint density at radius 2 is 1.73 bits per heavy atom. The summed E-state index contributed by atoms with van der Waals surface area (Å²) < 4.78 is 30.0. The van der Waals surface area contributed by atoms with E-state index in [4.69, 9.17) is 14.8 Å². The van der Waals surface area contributed by atoms with Gasteiger partial charge in [0.25, 0.3) is 10.1 Å². The van der Waals surface area contributed by atoms with Gasteiger partial charge in [0.05, 0.1) is 0 Å². The van der Waals surface area contributed by atoms with E-state index in [1.165, 1.54) is 0 Å². The molecule has 8 heteroatoms. The number of carboxylic acid groups (broad SMARTS) is 1. The minimum atomic E-state index is -4.79. The molecule has 0 fully saturated rings. The quantitative estimate of drug-likeness (QED) is 0.419. The summed E-state index contributed by atoms with van der Waals surface area (Å²) >= 11 is 0. The van der Waals surface area contributed by atoms with Crippen LogP contribution in [0.15, 0.2) is 17.0 Å². The van der Waals surface area contributed by atoms with E-state index < -0.39 is 38.0 Å². The topological polar surface area (TPSA) is 132 Å². The van der Waals surface area contributed by atoms with Crippen LogP contribution in [0.1, 0.15) is 10.4 Å². The van der Waals surface area contributed by atoms with E-state index in [1.54, 1.807) is 0 Å². The van der Waals surface area contributed by atoms with Crippen molar-refractivity contribution in [2.45, 2.75) is 4.90 Å². The minimum absolute atomic E-state index is 0.539. The van der Waals surface area contributed by atoms with Crippen molar-refractivity contribution in [3.05, 3.63) is 17.7 Å². The highest BCUT2D eigenvalue weighted by atomic mass is 32.2. The van der Waals surface area contributed by atoms with Gasteiger partial charge >= 0.3 is 5.97 Å². The molecule has 1 aromatic carbocycles. The van der Waals surface area contributed by atoms with Crippen molar-refractivity contribution in [3.63, 3.8) is 0 Å². The van der Waals surface area contributed by atoms with Crippen LogP contribution in [0.25, 0.3) is 0 Å². The Labute approximate surface area is 84.0 Å². The summed E-state index contributed by atoms with van der Waals surface area (Å²) in [5.74, 6) is -3.45. The molecule has 0 heterocycles. The summed E-state index contributed by atoms with van der Waals surface area (Å²) in [5.41, 5.74) is -0.817. The van der Waals surface area contributed by atoms with Gasteiger partial charge in [0, 0.05) is 6.07 Å². The number of hydrogen-bond donors (Lipinski definition) is 4. The monoisotopic (exact) mass is 234 g/mol. The Hall–Kier alpha value is -1.80. The van der Waals surface area contributed by atoms with Gasteiger partial charge in [-0.25, -0.2) is 4.79 Å². The number of benzene rings is 1. The number of hydrogen-bond acceptors (Lipinski definition) is 5. The van der Waals surface area contributed by atoms with E-state index >= 15 is 0 Å². The van der Waals surface area contributed by atoms with E-state index in [9.17, 15) is 18.3 Å². The summed E-state index contributed by atoms with van der Waals surface area (Å²) in [6.07, 6.45) is 0. The van der Waals surface area contributed by atoms with Gasteiger partial charge in [0.15, 0.2) is 5.75 Å². The first-order valence-electron chi connectivity index (χ1n) is 3.50. The van der Waals surface area contributed by atoms with Crippen LogP contribution in [0.2, 0.25) is 0 Å². The van der Waals surface area contributed by atoms with Crippen LogP contribution in [0.5, 0.6) is 11.5 Å². The Kier molecular flexibility index (Phi) is 2.56. The molecule has 0 saturated carbocycles. The normalized spacial score (nSPS) is 11.3. The van der Waals surface area contributed by atoms with Crippen LogP contribution in [-0.4, -0.2) is 34.3 Å². The lowest BCUT2D eigenvalue weighted by Crippen LogP contribution is -2.03. The van der Waals surface area contributed by atoms with E-state index in [2.05, 4.69) is 0 Å². The van der Waals surface area contributed by atoms with E-state index in [-0.39, 0.29) is 0 Å². The van der Waals surface area contributed by atoms with Crippen molar-refractivity contribution in [1.82, 2.24) is 0 Å². The molecule has 0 spiro atoms. The second-order valence-electron chi connectivity index (χ2n) is 2.62. The van der Waals surface area contributed by atoms with Gasteiger partial charge in [-0.15, -0.1) is 0 Å². The number of rotatable bonds is 2. The van der Waals surface area contributed by atoms with E-state index in [1.807, 2.05) is 0 Å². The molecule has 0 aliphatic heterocycles. The smallest absolute Gasteiger partial charge is 0.339 e. The van der Waals surface area contributed by atoms with Crippen LogP contribution in [0.4, 0.5) is 0 Å². The fraction of sp³-hybridized carbons (Fsp3) is 0. The summed E-state index contributed by atoms with van der Waals surface area (Å²) in [4.78, 5) is 9.45. The molecule has 7 nitrogen and oxygen atoms in total. The molecule has 0 bridgehead atoms. The molecule has 0 unspecified atom stereocenters. The fourth-order valence-corrected chi connectivity index (χ4v) is 1.58. The molecular formula is C7H6O7S. The van der Waals surface area contributed by atoms with Crippen molar-refractivity contribution in [3.8, 4) is 11.5 Å². The first kappa shape index (κ1) is 11.3. The summed E-state index contributed by atoms with van der Waals surface area (Å²) in [7, 11) is -4.79. The molecule has 0 saturated heterocycles. The zero-order valence-electron chi connectivity index (χ0n) is 7.08. The van der Waals surface area contributed by atoms with Crippen molar-refractivity contribution >= 4 is 16.1 Å². The van der Waals surface area contributed by atoms with Gasteiger partial charge in [0.1, 0.15) is 16.2 Å². The number of aromatic hydroxyl groups is 2. The van der Waals surface area contributed by atoms with Crippen LogP contribution in [0.3, 0.4) is 0 Å². The maximum atomic E-state index is 10.7. The first-order valence-corrected chi connectivity index (χ1v) is 4.94. The molecule has 15 heavy (non-hydrogen) atoms. The number of phenolic OH excluding ortho intramolecular Hbond substituents is 1. The lowest BCUT2D eigenvalue weighted by molar-refractivity contribution is 0.0692. The molecule has 0 aromatic heterocycles. The highest BCUT2D eigenvalue weighted by molar-refractivity contribution is 7.86. The molecule has 82 valence electrons. The molecule has 0 atom stereocenters. The van der Waals surface area contributed by atoms with Crippen LogP contribution >= 0.6 is 0 Å². The third kappa shape index (κ3) is 2.17. The zero-order chi connectivity index (χ0) is 11.8. The van der Waals surface area contributed by atoms with Crippen LogP contribution < -0.4 is 0 Å². The predicted octanol–water partition coefficient (Wildman–Crippen LogP) is 0.0427. The first-order chi connectivity index (χ1) is 6.73. The minimum Gasteiger partial charge on any atom is -0.508 e. The molecule has 0 aliphatic rings. The lowest BCUT2D eigenvalue weighted by atomic mass is 10.2. The maximum Gasteiger partial charge on any atom is 0.339 e. The van der Waals surface area contributed by atoms with Gasteiger partial charge in [-0.2, -0.15) is 8.42 Å². The SMILES string of the molecule is O=C(O)c1cc(O)cc(S(=O)(=O)O)c1O. The van der Waals surface area contributed by atoms with Gasteiger partial charge in [-0.05, 0) is 6.07 Å². The highest BCUT2D eigenvalue weighted by Gasteiger charge is 2.22. The van der Waals surface area contributed by atoms with Crippen LogP contribution in [-0.2, 0) is 10.1 Å². The van der Waals surface area contributed by atoms with Crippen molar-refractivity contribution in [1.29, 1.82) is 0 Å². The average Bonchev–Trinajstić information content (AvgIpc) is 2.06. The Morgan fingerprint density at radius 3 is 2.13 bits per heavy atom. The average molecular weight is 234 g/mol. The highest BCUT2D eigenvalue weighted by Crippen LogP contribution is 2.31. The fourth-order valence-electron chi connectivity index (χ4n) is 0.953. The molecule has 1 aromatic rings. The second-order valence-corrected chi connectivity index (χ2v) is 4.01. The number of phenols is 2. The molecule has 0 radical (unpaired) electrons. The summed E-state index contributed by atoms with van der Waals surface area (Å²) in [5, 5.41) is 26.7. The molecule has 0 aliphatic carbocycles. The Bertz CT molecular complexity index is 516. The van der Waals surface area contributed by atoms with Gasteiger partial charge in [-0.3, -0.25) is 4.55 Å². The Balaban J connectivity index is 3.63.